The Morgan fingerprint density at radius 3 is 0.660 bits per heavy atom. The predicted octanol–water partition coefficient (Wildman–Crippen LogP) is 21.7. The van der Waals surface area contributed by atoms with Crippen LogP contribution in [0.25, 0.3) is 0 Å². The number of unbranched alkanes of at least 4 members (excludes halogenated alkanes) is 38. The number of phosphoric acid groups is 2. The van der Waals surface area contributed by atoms with Crippen molar-refractivity contribution in [2.75, 3.05) is 39.6 Å². The lowest BCUT2D eigenvalue weighted by molar-refractivity contribution is -0.161. The summed E-state index contributed by atoms with van der Waals surface area (Å²) in [5.74, 6) is 0.847. The van der Waals surface area contributed by atoms with Gasteiger partial charge >= 0.3 is 39.5 Å². The van der Waals surface area contributed by atoms with Gasteiger partial charge in [-0.3, -0.25) is 37.3 Å². The van der Waals surface area contributed by atoms with E-state index in [-0.39, 0.29) is 25.7 Å². The molecule has 0 spiro atoms. The zero-order chi connectivity index (χ0) is 69.6. The van der Waals surface area contributed by atoms with E-state index in [2.05, 4.69) is 55.4 Å². The number of hydrogen-bond donors (Lipinski definition) is 3. The number of hydrogen-bond acceptors (Lipinski definition) is 15. The zero-order valence-corrected chi connectivity index (χ0v) is 63.4. The van der Waals surface area contributed by atoms with Crippen LogP contribution in [0.3, 0.4) is 0 Å². The van der Waals surface area contributed by atoms with Crippen LogP contribution < -0.4 is 0 Å². The minimum atomic E-state index is -4.96. The van der Waals surface area contributed by atoms with E-state index >= 15 is 0 Å². The van der Waals surface area contributed by atoms with Gasteiger partial charge in [-0.2, -0.15) is 0 Å². The second-order valence-corrected chi connectivity index (χ2v) is 31.9. The smallest absolute Gasteiger partial charge is 0.462 e. The van der Waals surface area contributed by atoms with E-state index in [1.807, 2.05) is 0 Å². The van der Waals surface area contributed by atoms with Crippen molar-refractivity contribution in [3.63, 3.8) is 0 Å². The third kappa shape index (κ3) is 68.6. The van der Waals surface area contributed by atoms with Gasteiger partial charge in [0.1, 0.15) is 19.3 Å². The van der Waals surface area contributed by atoms with Crippen molar-refractivity contribution in [1.29, 1.82) is 0 Å². The summed E-state index contributed by atoms with van der Waals surface area (Å²) in [5.41, 5.74) is 0. The molecule has 558 valence electrons. The van der Waals surface area contributed by atoms with Gasteiger partial charge in [0.15, 0.2) is 12.2 Å². The van der Waals surface area contributed by atoms with E-state index in [0.29, 0.717) is 37.5 Å². The molecule has 3 N–H and O–H groups in total. The Balaban J connectivity index is 5.16. The highest BCUT2D eigenvalue weighted by atomic mass is 31.2. The van der Waals surface area contributed by atoms with Crippen LogP contribution in [0, 0.1) is 23.7 Å². The lowest BCUT2D eigenvalue weighted by atomic mass is 10.0. The van der Waals surface area contributed by atoms with Crippen LogP contribution in [0.5, 0.6) is 0 Å². The average molecular weight is 1380 g/mol. The van der Waals surface area contributed by atoms with Crippen molar-refractivity contribution in [2.24, 2.45) is 23.7 Å². The molecule has 0 aliphatic heterocycles. The van der Waals surface area contributed by atoms with Gasteiger partial charge in [0.25, 0.3) is 0 Å². The number of rotatable bonds is 72. The molecule has 0 aromatic heterocycles. The maximum atomic E-state index is 13.0. The maximum absolute atomic E-state index is 13.0. The van der Waals surface area contributed by atoms with Crippen LogP contribution in [-0.4, -0.2) is 96.7 Å². The fourth-order valence-electron chi connectivity index (χ4n) is 11.4. The van der Waals surface area contributed by atoms with E-state index in [4.69, 9.17) is 37.0 Å². The molecule has 19 heteroatoms. The second kappa shape index (κ2) is 64.4. The Morgan fingerprint density at radius 1 is 0.266 bits per heavy atom. The van der Waals surface area contributed by atoms with Crippen LogP contribution in [0.15, 0.2) is 0 Å². The molecule has 17 nitrogen and oxygen atoms in total. The quantitative estimate of drug-likeness (QED) is 0.0222. The monoisotopic (exact) mass is 1380 g/mol. The highest BCUT2D eigenvalue weighted by Crippen LogP contribution is 2.45. The van der Waals surface area contributed by atoms with Crippen molar-refractivity contribution in [3.8, 4) is 0 Å². The van der Waals surface area contributed by atoms with Crippen molar-refractivity contribution in [2.45, 2.75) is 395 Å². The van der Waals surface area contributed by atoms with E-state index < -0.39 is 97.5 Å². The van der Waals surface area contributed by atoms with Gasteiger partial charge in [-0.25, -0.2) is 9.13 Å². The highest BCUT2D eigenvalue weighted by molar-refractivity contribution is 7.47. The number of carbonyl (C=O) groups excluding carboxylic acids is 4. The summed E-state index contributed by atoms with van der Waals surface area (Å²) < 4.78 is 68.4. The molecule has 0 aliphatic carbocycles. The molecule has 0 heterocycles. The number of phosphoric ester groups is 2. The summed E-state index contributed by atoms with van der Waals surface area (Å²) in [4.78, 5) is 72.7. The Bertz CT molecular complexity index is 1850. The second-order valence-electron chi connectivity index (χ2n) is 28.9. The first-order valence-electron chi connectivity index (χ1n) is 38.7. The Hall–Kier alpha value is -1.94. The third-order valence-corrected chi connectivity index (χ3v) is 19.2. The lowest BCUT2D eigenvalue weighted by Crippen LogP contribution is -2.30. The van der Waals surface area contributed by atoms with Gasteiger partial charge < -0.3 is 33.8 Å². The van der Waals surface area contributed by atoms with Crippen LogP contribution in [0.1, 0.15) is 376 Å². The van der Waals surface area contributed by atoms with Gasteiger partial charge in [0.05, 0.1) is 26.4 Å². The third-order valence-electron chi connectivity index (χ3n) is 17.3. The molecule has 0 amide bonds. The first kappa shape index (κ1) is 92.1. The number of esters is 4. The van der Waals surface area contributed by atoms with Crippen LogP contribution >= 0.6 is 15.6 Å². The van der Waals surface area contributed by atoms with Gasteiger partial charge in [-0.05, 0) is 49.4 Å². The number of ether oxygens (including phenoxy) is 4. The van der Waals surface area contributed by atoms with E-state index in [1.54, 1.807) is 0 Å². The van der Waals surface area contributed by atoms with Crippen LogP contribution in [0.2, 0.25) is 0 Å². The Labute approximate surface area is 575 Å². The standard InChI is InChI=1S/C75H146O17P2/c1-65(2)51-43-35-27-22-18-14-11-9-10-12-16-21-25-31-41-49-57-74(79)91-70(61-86-73(78)56-48-40-32-26-29-37-45-53-67(5)6)63-89-93(81,82)87-59-69(76)60-88-94(83,84)90-64-71(92-75(80)58-50-42-34-33-38-46-54-68(7)8)62-85-72(77)55-47-39-30-24-20-17-13-15-19-23-28-36-44-52-66(3)4/h65-71,76H,9-64H2,1-8H3,(H,81,82)(H,83,84)/t69?,70-,71-/m1/s1. The van der Waals surface area contributed by atoms with Gasteiger partial charge in [0, 0.05) is 25.7 Å². The maximum Gasteiger partial charge on any atom is 0.472 e. The first-order valence-corrected chi connectivity index (χ1v) is 41.7. The fraction of sp³-hybridized carbons (Fsp3) is 0.947. The molecule has 0 fully saturated rings. The summed E-state index contributed by atoms with van der Waals surface area (Å²) >= 11 is 0. The molecule has 0 rings (SSSR count). The zero-order valence-electron chi connectivity index (χ0n) is 61.6. The molecule has 0 aliphatic rings. The summed E-state index contributed by atoms with van der Waals surface area (Å²) in [6, 6.07) is 0. The van der Waals surface area contributed by atoms with Crippen molar-refractivity contribution in [1.82, 2.24) is 0 Å². The molecule has 0 bridgehead atoms. The minimum Gasteiger partial charge on any atom is -0.462 e. The molecule has 94 heavy (non-hydrogen) atoms. The summed E-state index contributed by atoms with van der Waals surface area (Å²) in [6.07, 6.45) is 48.9. The van der Waals surface area contributed by atoms with Crippen LogP contribution in [0.4, 0.5) is 0 Å². The summed E-state index contributed by atoms with van der Waals surface area (Å²) in [6.45, 7) is 14.1. The molecular formula is C75H146O17P2. The molecule has 0 aromatic carbocycles. The van der Waals surface area contributed by atoms with Crippen molar-refractivity contribution >= 4 is 39.5 Å². The van der Waals surface area contributed by atoms with E-state index in [9.17, 15) is 43.2 Å². The average Bonchev–Trinajstić information content (AvgIpc) is 1.34. The topological polar surface area (TPSA) is 237 Å². The molecule has 0 saturated carbocycles. The normalized spacial score (nSPS) is 14.2. The predicted molar refractivity (Wildman–Crippen MR) is 381 cm³/mol. The Morgan fingerprint density at radius 2 is 0.447 bits per heavy atom. The lowest BCUT2D eigenvalue weighted by Gasteiger charge is -2.21. The molecule has 0 aromatic rings. The molecular weight excluding hydrogens is 1230 g/mol. The van der Waals surface area contributed by atoms with Gasteiger partial charge in [-0.1, -0.05) is 325 Å². The van der Waals surface area contributed by atoms with Crippen LogP contribution in [-0.2, 0) is 65.4 Å². The Kier molecular flexibility index (Phi) is 63.1. The summed E-state index contributed by atoms with van der Waals surface area (Å²) in [7, 11) is -9.91. The highest BCUT2D eigenvalue weighted by Gasteiger charge is 2.30. The van der Waals surface area contributed by atoms with E-state index in [0.717, 1.165) is 108 Å². The minimum absolute atomic E-state index is 0.102. The van der Waals surface area contributed by atoms with E-state index in [1.165, 1.54) is 173 Å². The first-order chi connectivity index (χ1) is 45.1. The number of carbonyl (C=O) groups is 4. The SMILES string of the molecule is CC(C)CCCCCCCCCCCCCCCCCCC(=O)O[C@H](COC(=O)CCCCCCCCCC(C)C)COP(=O)(O)OCC(O)COP(=O)(O)OC[C@@H](COC(=O)CCCCCCCCCCCCCCCC(C)C)OC(=O)CCCCCCCCC(C)C. The van der Waals surface area contributed by atoms with Gasteiger partial charge in [0.2, 0.25) is 0 Å². The summed E-state index contributed by atoms with van der Waals surface area (Å²) in [5, 5.41) is 10.6. The molecule has 0 saturated heterocycles. The van der Waals surface area contributed by atoms with Crippen molar-refractivity contribution < 1.29 is 80.2 Å². The molecule has 5 atom stereocenters. The van der Waals surface area contributed by atoms with Crippen molar-refractivity contribution in [3.05, 3.63) is 0 Å². The van der Waals surface area contributed by atoms with Gasteiger partial charge in [-0.15, -0.1) is 0 Å². The number of aliphatic hydroxyl groups excluding tert-OH is 1. The molecule has 3 unspecified atom stereocenters. The fourth-order valence-corrected chi connectivity index (χ4v) is 13.0. The largest absolute Gasteiger partial charge is 0.472 e. The number of aliphatic hydroxyl groups is 1. The molecule has 0 radical (unpaired) electrons.